The molecule has 2 fully saturated rings. The van der Waals surface area contributed by atoms with Crippen molar-refractivity contribution in [3.8, 4) is 0 Å². The summed E-state index contributed by atoms with van der Waals surface area (Å²) in [6, 6.07) is 5.42. The number of rotatable bonds is 5. The number of nitrogens with one attached hydrogen (secondary N) is 1. The summed E-state index contributed by atoms with van der Waals surface area (Å²) in [5.74, 6) is -0.432. The molecular formula is C21H28N4O6S2. The number of piperidine rings is 1. The molecule has 33 heavy (non-hydrogen) atoms. The smallest absolute Gasteiger partial charge is 0.271 e. The van der Waals surface area contributed by atoms with Gasteiger partial charge < -0.3 is 5.32 Å². The Labute approximate surface area is 194 Å². The van der Waals surface area contributed by atoms with Crippen molar-refractivity contribution in [2.45, 2.75) is 50.0 Å². The van der Waals surface area contributed by atoms with Gasteiger partial charge >= 0.3 is 0 Å². The van der Waals surface area contributed by atoms with Crippen molar-refractivity contribution in [1.82, 2.24) is 9.31 Å². The second-order valence-corrected chi connectivity index (χ2v) is 13.1. The number of sulfone groups is 1. The van der Waals surface area contributed by atoms with Crippen molar-refractivity contribution < 1.29 is 26.4 Å². The fourth-order valence-electron chi connectivity index (χ4n) is 4.28. The van der Waals surface area contributed by atoms with Gasteiger partial charge in [0.2, 0.25) is 15.9 Å². The highest BCUT2D eigenvalue weighted by Crippen LogP contribution is 2.25. The number of sulfonamides is 1. The summed E-state index contributed by atoms with van der Waals surface area (Å²) in [5, 5.41) is 7.97. The fraction of sp³-hybridized carbons (Fsp3) is 0.571. The lowest BCUT2D eigenvalue weighted by molar-refractivity contribution is -0.133. The molecule has 0 aliphatic carbocycles. The maximum absolute atomic E-state index is 12.9. The first-order valence-electron chi connectivity index (χ1n) is 11.1. The van der Waals surface area contributed by atoms with Crippen molar-refractivity contribution in [1.29, 1.82) is 0 Å². The summed E-state index contributed by atoms with van der Waals surface area (Å²) in [4.78, 5) is 25.1. The van der Waals surface area contributed by atoms with Crippen molar-refractivity contribution >= 4 is 43.1 Å². The van der Waals surface area contributed by atoms with E-state index in [1.807, 2.05) is 0 Å². The van der Waals surface area contributed by atoms with E-state index in [1.165, 1.54) is 28.6 Å². The Kier molecular flexibility index (Phi) is 6.61. The van der Waals surface area contributed by atoms with E-state index in [-0.39, 0.29) is 40.9 Å². The molecule has 0 aromatic heterocycles. The molecule has 0 bridgehead atoms. The number of amides is 2. The zero-order chi connectivity index (χ0) is 23.8. The Morgan fingerprint density at radius 3 is 2.36 bits per heavy atom. The average molecular weight is 497 g/mol. The van der Waals surface area contributed by atoms with E-state index in [2.05, 4.69) is 17.3 Å². The van der Waals surface area contributed by atoms with Crippen molar-refractivity contribution in [2.75, 3.05) is 29.9 Å². The minimum Gasteiger partial charge on any atom is -0.321 e. The molecule has 0 saturated carbocycles. The summed E-state index contributed by atoms with van der Waals surface area (Å²) >= 11 is 0. The van der Waals surface area contributed by atoms with Crippen LogP contribution in [0.3, 0.4) is 0 Å². The van der Waals surface area contributed by atoms with E-state index in [9.17, 15) is 26.4 Å². The molecule has 2 amide bonds. The molecule has 10 nitrogen and oxygen atoms in total. The Balaban J connectivity index is 1.43. The summed E-state index contributed by atoms with van der Waals surface area (Å²) in [5.41, 5.74) is 0.541. The highest BCUT2D eigenvalue weighted by atomic mass is 32.2. The van der Waals surface area contributed by atoms with Crippen LogP contribution in [0.4, 0.5) is 5.69 Å². The predicted molar refractivity (Wildman–Crippen MR) is 123 cm³/mol. The maximum Gasteiger partial charge on any atom is 0.271 e. The molecule has 180 valence electrons. The lowest BCUT2D eigenvalue weighted by atomic mass is 10.0. The van der Waals surface area contributed by atoms with Crippen LogP contribution in [0.15, 0.2) is 34.3 Å². The minimum atomic E-state index is -3.58. The number of anilines is 1. The molecule has 1 unspecified atom stereocenters. The van der Waals surface area contributed by atoms with E-state index in [4.69, 9.17) is 0 Å². The molecule has 2 saturated heterocycles. The summed E-state index contributed by atoms with van der Waals surface area (Å²) in [7, 11) is -6.78. The van der Waals surface area contributed by atoms with Crippen LogP contribution in [0.2, 0.25) is 0 Å². The highest BCUT2D eigenvalue weighted by Gasteiger charge is 2.37. The average Bonchev–Trinajstić information content (AvgIpc) is 3.14. The van der Waals surface area contributed by atoms with Crippen molar-refractivity contribution in [2.24, 2.45) is 11.0 Å². The van der Waals surface area contributed by atoms with E-state index < -0.39 is 31.8 Å². The summed E-state index contributed by atoms with van der Waals surface area (Å²) in [6.45, 7) is 3.11. The number of carbonyl (C=O) groups is 2. The first-order valence-corrected chi connectivity index (χ1v) is 14.3. The molecule has 1 aromatic carbocycles. The van der Waals surface area contributed by atoms with Crippen LogP contribution in [0, 0.1) is 5.92 Å². The normalized spacial score (nSPS) is 24.5. The Morgan fingerprint density at radius 2 is 1.76 bits per heavy atom. The molecule has 4 rings (SSSR count). The number of hydrazone groups is 1. The lowest BCUT2D eigenvalue weighted by Crippen LogP contribution is -2.42. The van der Waals surface area contributed by atoms with Crippen LogP contribution >= 0.6 is 0 Å². The Hall–Kier alpha value is -2.31. The largest absolute Gasteiger partial charge is 0.321 e. The number of hydrogen-bond acceptors (Lipinski definition) is 7. The molecule has 1 atom stereocenters. The zero-order valence-corrected chi connectivity index (χ0v) is 20.1. The van der Waals surface area contributed by atoms with Crippen LogP contribution in [0.25, 0.3) is 0 Å². The standard InChI is InChI=1S/C21H28N4O6S2/c1-15-8-11-24(12-9-15)33(30,31)18-4-2-16(3-5-18)22-21(27)19-6-7-20(26)25(23-19)17-10-13-32(28,29)14-17/h2-5,15,17H,6-14H2,1H3,(H,22,27). The molecule has 12 heteroatoms. The summed E-state index contributed by atoms with van der Waals surface area (Å²) in [6.07, 6.45) is 2.21. The quantitative estimate of drug-likeness (QED) is 0.651. The minimum absolute atomic E-state index is 0.00417. The van der Waals surface area contributed by atoms with Gasteiger partial charge in [-0.2, -0.15) is 9.41 Å². The highest BCUT2D eigenvalue weighted by molar-refractivity contribution is 7.91. The van der Waals surface area contributed by atoms with Crippen LogP contribution < -0.4 is 5.32 Å². The van der Waals surface area contributed by atoms with Crippen LogP contribution in [-0.4, -0.2) is 74.3 Å². The number of benzene rings is 1. The van der Waals surface area contributed by atoms with E-state index >= 15 is 0 Å². The zero-order valence-electron chi connectivity index (χ0n) is 18.4. The van der Waals surface area contributed by atoms with Gasteiger partial charge in [-0.05, 0) is 49.4 Å². The van der Waals surface area contributed by atoms with Crippen LogP contribution in [0.5, 0.6) is 0 Å². The van der Waals surface area contributed by atoms with Gasteiger partial charge in [0.1, 0.15) is 5.71 Å². The lowest BCUT2D eigenvalue weighted by Gasteiger charge is -2.29. The number of carbonyl (C=O) groups excluding carboxylic acids is 2. The molecule has 3 aliphatic heterocycles. The first-order chi connectivity index (χ1) is 15.5. The third kappa shape index (κ3) is 5.28. The maximum atomic E-state index is 12.9. The van der Waals surface area contributed by atoms with E-state index in [0.29, 0.717) is 31.1 Å². The molecular weight excluding hydrogens is 468 g/mol. The van der Waals surface area contributed by atoms with Gasteiger partial charge in [0.15, 0.2) is 9.84 Å². The molecule has 3 heterocycles. The van der Waals surface area contributed by atoms with Crippen LogP contribution in [0.1, 0.15) is 39.0 Å². The monoisotopic (exact) mass is 496 g/mol. The van der Waals surface area contributed by atoms with Crippen molar-refractivity contribution in [3.63, 3.8) is 0 Å². The topological polar surface area (TPSA) is 133 Å². The van der Waals surface area contributed by atoms with Crippen molar-refractivity contribution in [3.05, 3.63) is 24.3 Å². The van der Waals surface area contributed by atoms with Gasteiger partial charge in [0.25, 0.3) is 5.91 Å². The van der Waals surface area contributed by atoms with Gasteiger partial charge in [0.05, 0.1) is 22.4 Å². The van der Waals surface area contributed by atoms with Gasteiger partial charge in [-0.3, -0.25) is 9.59 Å². The molecule has 1 N–H and O–H groups in total. The molecule has 0 spiro atoms. The van der Waals surface area contributed by atoms with Crippen LogP contribution in [-0.2, 0) is 29.4 Å². The third-order valence-corrected chi connectivity index (χ3v) is 10.0. The third-order valence-electron chi connectivity index (χ3n) is 6.37. The molecule has 3 aliphatic rings. The van der Waals surface area contributed by atoms with Gasteiger partial charge in [-0.25, -0.2) is 21.8 Å². The van der Waals surface area contributed by atoms with Gasteiger partial charge in [-0.1, -0.05) is 6.92 Å². The second kappa shape index (κ2) is 9.15. The van der Waals surface area contributed by atoms with Gasteiger partial charge in [-0.15, -0.1) is 0 Å². The fourth-order valence-corrected chi connectivity index (χ4v) is 7.44. The Bertz CT molecular complexity index is 1170. The van der Waals surface area contributed by atoms with E-state index in [1.54, 1.807) is 0 Å². The first kappa shape index (κ1) is 23.8. The van der Waals surface area contributed by atoms with E-state index in [0.717, 1.165) is 17.9 Å². The molecule has 1 aromatic rings. The van der Waals surface area contributed by atoms with Gasteiger partial charge in [0, 0.05) is 31.6 Å². The second-order valence-electron chi connectivity index (χ2n) is 8.91. The SMILES string of the molecule is CC1CCN(S(=O)(=O)c2ccc(NC(=O)C3=NN(C4CCS(=O)(=O)C4)C(=O)CC3)cc2)CC1. The number of nitrogens with zero attached hydrogens (tertiary/aromatic N) is 3. The molecule has 0 radical (unpaired) electrons. The predicted octanol–water partition coefficient (Wildman–Crippen LogP) is 1.21. The number of hydrogen-bond donors (Lipinski definition) is 1. The Morgan fingerprint density at radius 1 is 1.09 bits per heavy atom. The summed E-state index contributed by atoms with van der Waals surface area (Å²) < 4.78 is 50.7.